The Balaban J connectivity index is 3.04. The summed E-state index contributed by atoms with van der Waals surface area (Å²) in [6.45, 7) is 0. The van der Waals surface area contributed by atoms with Gasteiger partial charge in [0.1, 0.15) is 5.82 Å². The summed E-state index contributed by atoms with van der Waals surface area (Å²) in [5, 5.41) is 0. The lowest BCUT2D eigenvalue weighted by atomic mass is 10.1. The minimum atomic E-state index is -0.471. The van der Waals surface area contributed by atoms with Crippen molar-refractivity contribution < 1.29 is 4.79 Å². The molecule has 12 heavy (non-hydrogen) atoms. The van der Waals surface area contributed by atoms with E-state index in [0.29, 0.717) is 11.3 Å². The smallest absolute Gasteiger partial charge is 0.222 e. The van der Waals surface area contributed by atoms with Crippen molar-refractivity contribution in [1.29, 1.82) is 0 Å². The predicted molar refractivity (Wildman–Crippen MR) is 46.0 cm³/mol. The molecule has 0 unspecified atom stereocenters. The summed E-state index contributed by atoms with van der Waals surface area (Å²) in [6.07, 6.45) is 1.51. The molecule has 1 aromatic heterocycles. The Morgan fingerprint density at radius 2 is 2.17 bits per heavy atom. The zero-order valence-electron chi connectivity index (χ0n) is 6.45. The van der Waals surface area contributed by atoms with Gasteiger partial charge in [-0.3, -0.25) is 4.79 Å². The van der Waals surface area contributed by atoms with Crippen molar-refractivity contribution in [2.45, 2.75) is 6.42 Å². The summed E-state index contributed by atoms with van der Waals surface area (Å²) in [5.74, 6) is -0.213. The number of nitrogens with zero attached hydrogens (tertiary/aromatic N) is 1. The number of nitrogen functional groups attached to an aromatic ring is 2. The molecule has 64 valence electrons. The van der Waals surface area contributed by atoms with Gasteiger partial charge in [0.2, 0.25) is 5.91 Å². The van der Waals surface area contributed by atoms with Gasteiger partial charge < -0.3 is 17.2 Å². The number of aromatic nitrogens is 1. The molecule has 0 spiro atoms. The van der Waals surface area contributed by atoms with Crippen molar-refractivity contribution in [2.75, 3.05) is 11.5 Å². The van der Waals surface area contributed by atoms with Crippen LogP contribution in [0.4, 0.5) is 11.5 Å². The van der Waals surface area contributed by atoms with Gasteiger partial charge in [0.05, 0.1) is 6.42 Å². The average molecular weight is 166 g/mol. The Morgan fingerprint density at radius 1 is 1.50 bits per heavy atom. The van der Waals surface area contributed by atoms with Gasteiger partial charge in [-0.1, -0.05) is 0 Å². The van der Waals surface area contributed by atoms with E-state index in [1.165, 1.54) is 6.20 Å². The number of carbonyl (C=O) groups is 1. The number of rotatable bonds is 2. The van der Waals surface area contributed by atoms with Crippen LogP contribution in [0, 0.1) is 0 Å². The predicted octanol–water partition coefficient (Wildman–Crippen LogP) is -0.726. The minimum absolute atomic E-state index is 0.0332. The molecule has 5 nitrogen and oxygen atoms in total. The van der Waals surface area contributed by atoms with Gasteiger partial charge >= 0.3 is 0 Å². The molecule has 0 aromatic carbocycles. The van der Waals surface area contributed by atoms with Crippen LogP contribution in [0.1, 0.15) is 5.56 Å². The van der Waals surface area contributed by atoms with Crippen LogP contribution >= 0.6 is 0 Å². The molecule has 0 radical (unpaired) electrons. The van der Waals surface area contributed by atoms with Gasteiger partial charge in [-0.15, -0.1) is 0 Å². The summed E-state index contributed by atoms with van der Waals surface area (Å²) in [6, 6.07) is 1.58. The molecule has 0 fully saturated rings. The zero-order chi connectivity index (χ0) is 9.14. The van der Waals surface area contributed by atoms with Crippen LogP contribution in [0.25, 0.3) is 0 Å². The fraction of sp³-hybridized carbons (Fsp3) is 0.143. The highest BCUT2D eigenvalue weighted by atomic mass is 16.1. The fourth-order valence-corrected chi connectivity index (χ4v) is 0.891. The molecular weight excluding hydrogens is 156 g/mol. The largest absolute Gasteiger partial charge is 0.398 e. The van der Waals surface area contributed by atoms with Crippen LogP contribution in [0.2, 0.25) is 0 Å². The summed E-state index contributed by atoms with van der Waals surface area (Å²) in [7, 11) is 0. The number of anilines is 2. The van der Waals surface area contributed by atoms with Gasteiger partial charge in [-0.2, -0.15) is 0 Å². The van der Waals surface area contributed by atoms with Crippen molar-refractivity contribution in [3.05, 3.63) is 17.8 Å². The highest BCUT2D eigenvalue weighted by Gasteiger charge is 2.07. The molecule has 0 aliphatic carbocycles. The van der Waals surface area contributed by atoms with Crippen LogP contribution in [0.5, 0.6) is 0 Å². The van der Waals surface area contributed by atoms with Gasteiger partial charge in [-0.05, 0) is 6.07 Å². The molecule has 0 bridgehead atoms. The lowest BCUT2D eigenvalue weighted by Gasteiger charge is -2.04. The highest BCUT2D eigenvalue weighted by Crippen LogP contribution is 2.16. The van der Waals surface area contributed by atoms with Crippen molar-refractivity contribution in [1.82, 2.24) is 4.98 Å². The number of hydrogen-bond donors (Lipinski definition) is 3. The van der Waals surface area contributed by atoms with Crippen molar-refractivity contribution in [3.63, 3.8) is 0 Å². The fourth-order valence-electron chi connectivity index (χ4n) is 0.891. The minimum Gasteiger partial charge on any atom is -0.398 e. The van der Waals surface area contributed by atoms with E-state index < -0.39 is 5.91 Å². The highest BCUT2D eigenvalue weighted by molar-refractivity contribution is 5.80. The van der Waals surface area contributed by atoms with Crippen molar-refractivity contribution in [3.8, 4) is 0 Å². The quantitative estimate of drug-likeness (QED) is 0.538. The van der Waals surface area contributed by atoms with Gasteiger partial charge in [0, 0.05) is 17.4 Å². The van der Waals surface area contributed by atoms with Crippen LogP contribution in [0.3, 0.4) is 0 Å². The molecule has 0 aliphatic heterocycles. The van der Waals surface area contributed by atoms with E-state index in [1.54, 1.807) is 6.07 Å². The molecule has 1 rings (SSSR count). The van der Waals surface area contributed by atoms with Crippen LogP contribution < -0.4 is 17.2 Å². The summed E-state index contributed by atoms with van der Waals surface area (Å²) >= 11 is 0. The molecule has 1 aromatic rings. The number of nitrogens with two attached hydrogens (primary N) is 3. The topological polar surface area (TPSA) is 108 Å². The first kappa shape index (κ1) is 8.32. The van der Waals surface area contributed by atoms with Gasteiger partial charge in [-0.25, -0.2) is 4.98 Å². The molecule has 1 heterocycles. The van der Waals surface area contributed by atoms with E-state index in [-0.39, 0.29) is 12.2 Å². The van der Waals surface area contributed by atoms with E-state index in [9.17, 15) is 4.79 Å². The van der Waals surface area contributed by atoms with E-state index in [4.69, 9.17) is 17.2 Å². The molecule has 6 N–H and O–H groups in total. The summed E-state index contributed by atoms with van der Waals surface area (Å²) in [4.78, 5) is 14.3. The maximum Gasteiger partial charge on any atom is 0.222 e. The molecule has 0 atom stereocenters. The number of hydrogen-bond acceptors (Lipinski definition) is 4. The van der Waals surface area contributed by atoms with Crippen LogP contribution in [-0.4, -0.2) is 10.9 Å². The van der Waals surface area contributed by atoms with E-state index >= 15 is 0 Å². The number of primary amides is 1. The lowest BCUT2D eigenvalue weighted by molar-refractivity contribution is -0.117. The van der Waals surface area contributed by atoms with Crippen molar-refractivity contribution >= 4 is 17.4 Å². The zero-order valence-corrected chi connectivity index (χ0v) is 6.45. The third-order valence-electron chi connectivity index (χ3n) is 1.48. The Kier molecular flexibility index (Phi) is 2.14. The number of amides is 1. The van der Waals surface area contributed by atoms with Crippen LogP contribution in [0.15, 0.2) is 12.3 Å². The van der Waals surface area contributed by atoms with E-state index in [0.717, 1.165) is 0 Å². The monoisotopic (exact) mass is 166 g/mol. The Labute approximate surface area is 69.6 Å². The van der Waals surface area contributed by atoms with E-state index in [1.807, 2.05) is 0 Å². The number of carbonyl (C=O) groups excluding carboxylic acids is 1. The Bertz CT molecular complexity index is 290. The maximum absolute atomic E-state index is 10.6. The van der Waals surface area contributed by atoms with Crippen molar-refractivity contribution in [2.24, 2.45) is 5.73 Å². The SMILES string of the molecule is NC(=O)Cc1c(N)ccnc1N. The molecule has 5 heteroatoms. The second kappa shape index (κ2) is 3.08. The van der Waals surface area contributed by atoms with Gasteiger partial charge in [0.15, 0.2) is 0 Å². The van der Waals surface area contributed by atoms with E-state index in [2.05, 4.69) is 4.98 Å². The molecule has 1 amide bonds. The second-order valence-electron chi connectivity index (χ2n) is 2.41. The standard InChI is InChI=1S/C7H10N4O/c8-5-1-2-11-7(10)4(5)3-6(9)12/h1-2H,3H2,(H2,9,12)(H4,8,10,11). The summed E-state index contributed by atoms with van der Waals surface area (Å²) in [5.41, 5.74) is 16.9. The van der Waals surface area contributed by atoms with Gasteiger partial charge in [0.25, 0.3) is 0 Å². The molecule has 0 aliphatic rings. The molecule has 0 saturated carbocycles. The Morgan fingerprint density at radius 3 is 2.67 bits per heavy atom. The first-order chi connectivity index (χ1) is 5.61. The molecule has 0 saturated heterocycles. The lowest BCUT2D eigenvalue weighted by Crippen LogP contribution is -2.16. The second-order valence-corrected chi connectivity index (χ2v) is 2.41. The third-order valence-corrected chi connectivity index (χ3v) is 1.48. The maximum atomic E-state index is 10.6. The van der Waals surface area contributed by atoms with Crippen LogP contribution in [-0.2, 0) is 11.2 Å². The molecular formula is C7H10N4O. The Hall–Kier alpha value is -1.78. The average Bonchev–Trinajstić information content (AvgIpc) is 1.97. The summed E-state index contributed by atoms with van der Waals surface area (Å²) < 4.78 is 0. The third kappa shape index (κ3) is 1.63. The first-order valence-corrected chi connectivity index (χ1v) is 3.38. The number of pyridine rings is 1. The normalized spacial score (nSPS) is 9.67. The first-order valence-electron chi connectivity index (χ1n) is 3.38.